The molecular weight excluding hydrogens is 176 g/mol. The van der Waals surface area contributed by atoms with Gasteiger partial charge in [0.05, 0.1) is 10.7 Å². The minimum atomic E-state index is -0.523. The number of anilines is 1. The second-order valence-electron chi connectivity index (χ2n) is 1.84. The van der Waals surface area contributed by atoms with Crippen molar-refractivity contribution in [3.63, 3.8) is 0 Å². The number of rotatable bonds is 1. The zero-order chi connectivity index (χ0) is 8.97. The van der Waals surface area contributed by atoms with Crippen LogP contribution in [-0.4, -0.2) is 21.0 Å². The highest BCUT2D eigenvalue weighted by Crippen LogP contribution is 1.98. The van der Waals surface area contributed by atoms with Gasteiger partial charge in [-0.15, -0.1) is 0 Å². The highest BCUT2D eigenvalue weighted by molar-refractivity contribution is 7.78. The summed E-state index contributed by atoms with van der Waals surface area (Å²) < 4.78 is 0. The Bertz CT molecular complexity index is 341. The van der Waals surface area contributed by atoms with Crippen molar-refractivity contribution in [2.45, 2.75) is 0 Å². The van der Waals surface area contributed by atoms with Crippen molar-refractivity contribution in [3.05, 3.63) is 18.0 Å². The number of amides is 1. The lowest BCUT2D eigenvalue weighted by Crippen LogP contribution is -1.99. The molecule has 5 nitrogen and oxygen atoms in total. The molecule has 1 amide bonds. The third-order valence-corrected chi connectivity index (χ3v) is 1.16. The molecule has 0 aromatic carbocycles. The number of isothiocyanates is 1. The highest BCUT2D eigenvalue weighted by Gasteiger charge is 2.02. The van der Waals surface area contributed by atoms with E-state index in [1.165, 1.54) is 12.4 Å². The summed E-state index contributed by atoms with van der Waals surface area (Å²) in [4.78, 5) is 21.4. The largest absolute Gasteiger partial charge is 0.368 e. The van der Waals surface area contributed by atoms with Gasteiger partial charge in [-0.3, -0.25) is 4.79 Å². The van der Waals surface area contributed by atoms with Crippen molar-refractivity contribution in [2.75, 3.05) is 5.73 Å². The molecule has 0 fully saturated rings. The number of thiocarbonyl (C=S) groups is 1. The van der Waals surface area contributed by atoms with E-state index in [1.54, 1.807) is 0 Å². The molecule has 1 rings (SSSR count). The molecule has 1 aromatic rings. The van der Waals surface area contributed by atoms with Crippen LogP contribution in [0.3, 0.4) is 0 Å². The summed E-state index contributed by atoms with van der Waals surface area (Å²) in [6.07, 6.45) is 2.56. The van der Waals surface area contributed by atoms with Gasteiger partial charge in [-0.2, -0.15) is 4.99 Å². The molecule has 0 spiro atoms. The van der Waals surface area contributed by atoms with Crippen LogP contribution in [0.15, 0.2) is 17.4 Å². The normalized spacial score (nSPS) is 8.67. The topological polar surface area (TPSA) is 81.2 Å². The number of aliphatic imine (C=N–C) groups is 1. The first kappa shape index (κ1) is 8.45. The van der Waals surface area contributed by atoms with E-state index in [-0.39, 0.29) is 11.5 Å². The van der Waals surface area contributed by atoms with Gasteiger partial charge in [0.2, 0.25) is 5.95 Å². The van der Waals surface area contributed by atoms with Crippen LogP contribution in [0, 0.1) is 0 Å². The quantitative estimate of drug-likeness (QED) is 0.496. The lowest BCUT2D eigenvalue weighted by atomic mass is 10.3. The van der Waals surface area contributed by atoms with Crippen LogP contribution >= 0.6 is 12.2 Å². The minimum Gasteiger partial charge on any atom is -0.368 e. The Morgan fingerprint density at radius 1 is 1.58 bits per heavy atom. The second-order valence-corrected chi connectivity index (χ2v) is 2.02. The molecule has 0 aliphatic rings. The Kier molecular flexibility index (Phi) is 2.57. The smallest absolute Gasteiger partial charge is 0.288 e. The third kappa shape index (κ3) is 1.91. The Balaban J connectivity index is 2.97. The zero-order valence-electron chi connectivity index (χ0n) is 5.89. The molecule has 0 unspecified atom stereocenters. The van der Waals surface area contributed by atoms with Crippen LogP contribution in [0.25, 0.3) is 0 Å². The van der Waals surface area contributed by atoms with Crippen LogP contribution < -0.4 is 5.73 Å². The maximum Gasteiger partial charge on any atom is 0.288 e. The standard InChI is InChI=1S/C6H4N4OS/c7-6-8-1-4(2-9-6)5(11)10-3-12/h1-2H,(H2,7,8,9). The fourth-order valence-corrected chi connectivity index (χ4v) is 0.637. The molecule has 1 heterocycles. The first-order valence-electron chi connectivity index (χ1n) is 2.94. The van der Waals surface area contributed by atoms with Crippen LogP contribution in [0.2, 0.25) is 0 Å². The fourth-order valence-electron chi connectivity index (χ4n) is 0.554. The average Bonchev–Trinajstić information content (AvgIpc) is 2.06. The molecule has 12 heavy (non-hydrogen) atoms. The van der Waals surface area contributed by atoms with Gasteiger partial charge in [-0.25, -0.2) is 9.97 Å². The van der Waals surface area contributed by atoms with Crippen molar-refractivity contribution in [3.8, 4) is 0 Å². The summed E-state index contributed by atoms with van der Waals surface area (Å²) >= 11 is 4.25. The van der Waals surface area contributed by atoms with Gasteiger partial charge >= 0.3 is 0 Å². The molecule has 1 aromatic heterocycles. The Morgan fingerprint density at radius 3 is 2.67 bits per heavy atom. The average molecular weight is 180 g/mol. The van der Waals surface area contributed by atoms with Crippen molar-refractivity contribution in [1.82, 2.24) is 9.97 Å². The van der Waals surface area contributed by atoms with E-state index in [0.717, 1.165) is 0 Å². The van der Waals surface area contributed by atoms with Crippen molar-refractivity contribution < 1.29 is 4.79 Å². The Labute approximate surface area is 73.4 Å². The summed E-state index contributed by atoms with van der Waals surface area (Å²) in [7, 11) is 0. The molecule has 0 bridgehead atoms. The molecule has 0 saturated carbocycles. The molecule has 0 aliphatic carbocycles. The molecule has 0 radical (unpaired) electrons. The van der Waals surface area contributed by atoms with Crippen LogP contribution in [0.4, 0.5) is 5.95 Å². The van der Waals surface area contributed by atoms with E-state index >= 15 is 0 Å². The number of nitrogens with zero attached hydrogens (tertiary/aromatic N) is 3. The van der Waals surface area contributed by atoms with E-state index in [2.05, 4.69) is 27.2 Å². The molecule has 60 valence electrons. The number of carbonyl (C=O) groups is 1. The van der Waals surface area contributed by atoms with Gasteiger partial charge in [0.15, 0.2) is 0 Å². The number of nitrogen functional groups attached to an aromatic ring is 1. The molecule has 6 heteroatoms. The van der Waals surface area contributed by atoms with E-state index in [1.807, 2.05) is 5.16 Å². The SMILES string of the molecule is Nc1ncc(C(=O)N=C=S)cn1. The predicted molar refractivity (Wildman–Crippen MR) is 45.8 cm³/mol. The number of carbonyl (C=O) groups excluding carboxylic acids is 1. The monoisotopic (exact) mass is 180 g/mol. The summed E-state index contributed by atoms with van der Waals surface area (Å²) in [5.74, 6) is -0.414. The second kappa shape index (κ2) is 3.66. The molecule has 0 atom stereocenters. The summed E-state index contributed by atoms with van der Waals surface area (Å²) in [5.41, 5.74) is 5.44. The van der Waals surface area contributed by atoms with Crippen LogP contribution in [0.5, 0.6) is 0 Å². The van der Waals surface area contributed by atoms with Gasteiger partial charge in [0.1, 0.15) is 0 Å². The van der Waals surface area contributed by atoms with Crippen molar-refractivity contribution in [1.29, 1.82) is 0 Å². The van der Waals surface area contributed by atoms with E-state index < -0.39 is 5.91 Å². The summed E-state index contributed by atoms with van der Waals surface area (Å²) in [6, 6.07) is 0. The first-order valence-corrected chi connectivity index (χ1v) is 3.34. The number of nitrogens with two attached hydrogens (primary N) is 1. The minimum absolute atomic E-state index is 0.109. The zero-order valence-corrected chi connectivity index (χ0v) is 6.71. The van der Waals surface area contributed by atoms with Gasteiger partial charge in [-0.05, 0) is 12.2 Å². The van der Waals surface area contributed by atoms with Crippen LogP contribution in [0.1, 0.15) is 10.4 Å². The Morgan fingerprint density at radius 2 is 2.17 bits per heavy atom. The maximum atomic E-state index is 10.9. The predicted octanol–water partition coefficient (Wildman–Crippen LogP) is 0.302. The first-order chi connectivity index (χ1) is 5.74. The van der Waals surface area contributed by atoms with E-state index in [0.29, 0.717) is 0 Å². The molecule has 2 N–H and O–H groups in total. The van der Waals surface area contributed by atoms with E-state index in [4.69, 9.17) is 5.73 Å². The molecule has 0 aliphatic heterocycles. The van der Waals surface area contributed by atoms with Gasteiger partial charge in [0, 0.05) is 12.4 Å². The van der Waals surface area contributed by atoms with Crippen LogP contribution in [-0.2, 0) is 0 Å². The number of aromatic nitrogens is 2. The lowest BCUT2D eigenvalue weighted by Gasteiger charge is -1.92. The fraction of sp³-hybridized carbons (Fsp3) is 0. The summed E-state index contributed by atoms with van der Waals surface area (Å²) in [5, 5.41) is 1.95. The maximum absolute atomic E-state index is 10.9. The summed E-state index contributed by atoms with van der Waals surface area (Å²) in [6.45, 7) is 0. The van der Waals surface area contributed by atoms with Crippen molar-refractivity contribution >= 4 is 29.2 Å². The Hall–Kier alpha value is -1.65. The highest BCUT2D eigenvalue weighted by atomic mass is 32.1. The van der Waals surface area contributed by atoms with Crippen molar-refractivity contribution in [2.24, 2.45) is 4.99 Å². The molecule has 0 saturated heterocycles. The third-order valence-electron chi connectivity index (χ3n) is 1.07. The van der Waals surface area contributed by atoms with E-state index in [9.17, 15) is 4.79 Å². The van der Waals surface area contributed by atoms with Gasteiger partial charge in [-0.1, -0.05) is 0 Å². The number of hydrogen-bond donors (Lipinski definition) is 1. The van der Waals surface area contributed by atoms with Gasteiger partial charge < -0.3 is 5.73 Å². The van der Waals surface area contributed by atoms with Gasteiger partial charge in [0.25, 0.3) is 5.91 Å². The lowest BCUT2D eigenvalue weighted by molar-refractivity contribution is 0.100. The molecular formula is C6H4N4OS. The number of hydrogen-bond acceptors (Lipinski definition) is 5.